The average Bonchev–Trinajstić information content (AvgIpc) is 3.19. The number of benzene rings is 1. The van der Waals surface area contributed by atoms with Crippen LogP contribution in [-0.2, 0) is 10.2 Å². The predicted molar refractivity (Wildman–Crippen MR) is 114 cm³/mol. The number of amidine groups is 2. The van der Waals surface area contributed by atoms with Gasteiger partial charge in [-0.3, -0.25) is 9.79 Å². The Morgan fingerprint density at radius 1 is 1.31 bits per heavy atom. The highest BCUT2D eigenvalue weighted by molar-refractivity contribution is 7.89. The molecule has 0 aliphatic carbocycles. The Bertz CT molecular complexity index is 1120. The molecule has 3 N–H and O–H groups in total. The summed E-state index contributed by atoms with van der Waals surface area (Å²) in [7, 11) is -0.814. The highest BCUT2D eigenvalue weighted by Gasteiger charge is 2.28. The lowest BCUT2D eigenvalue weighted by atomic mass is 10.1. The Balaban J connectivity index is 1.93. The molecule has 2 heterocycles. The second-order valence-corrected chi connectivity index (χ2v) is 9.30. The number of para-hydroxylation sites is 1. The summed E-state index contributed by atoms with van der Waals surface area (Å²) in [5.41, 5.74) is 0.220. The molecule has 1 amide bonds. The monoisotopic (exact) mass is 435 g/mol. The molecule has 0 saturated carbocycles. The molecule has 2 aromatic rings. The van der Waals surface area contributed by atoms with Gasteiger partial charge in [-0.15, -0.1) is 15.7 Å². The van der Waals surface area contributed by atoms with Crippen molar-refractivity contribution in [1.29, 1.82) is 0 Å². The van der Waals surface area contributed by atoms with Gasteiger partial charge in [-0.25, -0.2) is 4.72 Å². The van der Waals surface area contributed by atoms with E-state index in [0.29, 0.717) is 0 Å². The molecule has 1 aliphatic heterocycles. The lowest BCUT2D eigenvalue weighted by Crippen LogP contribution is -2.31. The van der Waals surface area contributed by atoms with Crippen molar-refractivity contribution < 1.29 is 18.3 Å². The molecule has 0 radical (unpaired) electrons. The predicted octanol–water partition coefficient (Wildman–Crippen LogP) is 2.28. The van der Waals surface area contributed by atoms with E-state index >= 15 is 0 Å². The van der Waals surface area contributed by atoms with Gasteiger partial charge in [-0.05, 0) is 38.1 Å². The van der Waals surface area contributed by atoms with Gasteiger partial charge >= 0.3 is 10.2 Å². The molecule has 1 aromatic heterocycles. The molecular formula is C18H21N5O4S2. The number of amides is 1. The number of carbonyl (C=O) groups is 1. The van der Waals surface area contributed by atoms with Crippen molar-refractivity contribution in [2.75, 3.05) is 19.4 Å². The zero-order valence-corrected chi connectivity index (χ0v) is 17.9. The molecule has 154 valence electrons. The van der Waals surface area contributed by atoms with Crippen LogP contribution in [0, 0.1) is 6.92 Å². The molecular weight excluding hydrogens is 414 g/mol. The second kappa shape index (κ2) is 7.84. The van der Waals surface area contributed by atoms with Crippen LogP contribution in [0.2, 0.25) is 0 Å². The van der Waals surface area contributed by atoms with E-state index < -0.39 is 10.2 Å². The number of nitrogens with zero attached hydrogens (tertiary/aromatic N) is 3. The van der Waals surface area contributed by atoms with Crippen molar-refractivity contribution in [2.24, 2.45) is 9.39 Å². The van der Waals surface area contributed by atoms with Crippen molar-refractivity contribution in [1.82, 2.24) is 9.62 Å². The number of aryl methyl sites for hydroxylation is 1. The minimum absolute atomic E-state index is 0.0345. The third-order valence-electron chi connectivity index (χ3n) is 4.08. The molecule has 1 atom stereocenters. The topological polar surface area (TPSA) is 123 Å². The van der Waals surface area contributed by atoms with Crippen LogP contribution in [0.25, 0.3) is 0 Å². The summed E-state index contributed by atoms with van der Waals surface area (Å²) in [6, 6.07) is 8.17. The fourth-order valence-electron chi connectivity index (χ4n) is 2.65. The number of aromatic hydroxyl groups is 1. The summed E-state index contributed by atoms with van der Waals surface area (Å²) >= 11 is 1.57. The van der Waals surface area contributed by atoms with Crippen LogP contribution in [0.1, 0.15) is 33.1 Å². The highest BCUT2D eigenvalue weighted by Crippen LogP contribution is 2.29. The lowest BCUT2D eigenvalue weighted by Gasteiger charge is -2.14. The maximum absolute atomic E-state index is 12.2. The van der Waals surface area contributed by atoms with E-state index in [0.717, 1.165) is 9.75 Å². The molecule has 0 saturated heterocycles. The molecule has 1 aromatic carbocycles. The van der Waals surface area contributed by atoms with Crippen molar-refractivity contribution >= 4 is 44.8 Å². The van der Waals surface area contributed by atoms with Crippen molar-refractivity contribution in [3.8, 4) is 5.75 Å². The maximum Gasteiger partial charge on any atom is 0.345 e. The van der Waals surface area contributed by atoms with Gasteiger partial charge in [0.2, 0.25) is 0 Å². The third kappa shape index (κ3) is 4.57. The first-order chi connectivity index (χ1) is 13.6. The molecule has 0 spiro atoms. The Hall–Kier alpha value is -2.92. The van der Waals surface area contributed by atoms with Gasteiger partial charge in [0, 0.05) is 23.8 Å². The van der Waals surface area contributed by atoms with Crippen LogP contribution in [-0.4, -0.2) is 50.1 Å². The zero-order valence-electron chi connectivity index (χ0n) is 16.3. The quantitative estimate of drug-likeness (QED) is 0.636. The molecule has 9 nitrogen and oxygen atoms in total. The first kappa shape index (κ1) is 20.8. The number of nitrogens with one attached hydrogen (secondary N) is 2. The van der Waals surface area contributed by atoms with Gasteiger partial charge in [-0.2, -0.15) is 8.42 Å². The van der Waals surface area contributed by atoms with Crippen LogP contribution in [0.4, 0.5) is 5.69 Å². The van der Waals surface area contributed by atoms with E-state index in [2.05, 4.69) is 19.4 Å². The van der Waals surface area contributed by atoms with E-state index in [9.17, 15) is 18.3 Å². The smallest absolute Gasteiger partial charge is 0.345 e. The van der Waals surface area contributed by atoms with Crippen LogP contribution in [0.15, 0.2) is 39.7 Å². The summed E-state index contributed by atoms with van der Waals surface area (Å²) in [6.07, 6.45) is 0. The Labute approximate surface area is 173 Å². The Morgan fingerprint density at radius 3 is 2.66 bits per heavy atom. The van der Waals surface area contributed by atoms with Crippen LogP contribution >= 0.6 is 11.3 Å². The fraction of sp³-hybridized carbons (Fsp3) is 0.278. The Kier molecular flexibility index (Phi) is 5.62. The van der Waals surface area contributed by atoms with E-state index in [-0.39, 0.29) is 40.6 Å². The first-order valence-electron chi connectivity index (χ1n) is 8.65. The molecule has 1 aliphatic rings. The lowest BCUT2D eigenvalue weighted by molar-refractivity contribution is 0.0824. The molecule has 3 rings (SSSR count). The molecule has 0 fully saturated rings. The highest BCUT2D eigenvalue weighted by atomic mass is 32.2. The number of thiophene rings is 1. The van der Waals surface area contributed by atoms with E-state index in [1.807, 2.05) is 26.0 Å². The van der Waals surface area contributed by atoms with Gasteiger partial charge in [0.15, 0.2) is 17.4 Å². The normalized spacial score (nSPS) is 17.5. The van der Waals surface area contributed by atoms with Crippen LogP contribution < -0.4 is 10.0 Å². The van der Waals surface area contributed by atoms with Gasteiger partial charge < -0.3 is 15.3 Å². The van der Waals surface area contributed by atoms with Gasteiger partial charge in [-0.1, -0.05) is 6.07 Å². The van der Waals surface area contributed by atoms with Crippen molar-refractivity contribution in [3.05, 3.63) is 45.6 Å². The van der Waals surface area contributed by atoms with Crippen molar-refractivity contribution in [3.63, 3.8) is 0 Å². The first-order valence-corrected chi connectivity index (χ1v) is 10.9. The second-order valence-electron chi connectivity index (χ2n) is 6.65. The fourth-order valence-corrected chi connectivity index (χ4v) is 4.33. The van der Waals surface area contributed by atoms with Crippen molar-refractivity contribution in [2.45, 2.75) is 19.9 Å². The summed E-state index contributed by atoms with van der Waals surface area (Å²) in [5, 5.41) is 13.2. The average molecular weight is 436 g/mol. The largest absolute Gasteiger partial charge is 0.505 e. The van der Waals surface area contributed by atoms with Crippen LogP contribution in [0.3, 0.4) is 0 Å². The minimum Gasteiger partial charge on any atom is -0.505 e. The van der Waals surface area contributed by atoms with Gasteiger partial charge in [0.1, 0.15) is 0 Å². The number of aliphatic imine (C=N–C) groups is 1. The maximum atomic E-state index is 12.2. The summed E-state index contributed by atoms with van der Waals surface area (Å²) < 4.78 is 29.9. The number of phenolic OH excluding ortho intramolecular Hbond substituents is 1. The number of carbonyl (C=O) groups excluding carboxylic acids is 1. The van der Waals surface area contributed by atoms with E-state index in [1.54, 1.807) is 31.5 Å². The Morgan fingerprint density at radius 2 is 2.03 bits per heavy atom. The third-order valence-corrected chi connectivity index (χ3v) is 6.13. The molecule has 0 bridgehead atoms. The van der Waals surface area contributed by atoms with Gasteiger partial charge in [0.25, 0.3) is 5.91 Å². The summed E-state index contributed by atoms with van der Waals surface area (Å²) in [4.78, 5) is 20.1. The number of rotatable bonds is 4. The number of hydrogen-bond donors (Lipinski definition) is 3. The SMILES string of the molecule is Cc1ccc([C@@H](C)N=C2NS(=O)(=O)N=C2Nc2cccc(C(=O)N(C)C)c2O)s1. The zero-order chi connectivity index (χ0) is 21.3. The van der Waals surface area contributed by atoms with Gasteiger partial charge in [0.05, 0.1) is 17.3 Å². The molecule has 0 unspecified atom stereocenters. The van der Waals surface area contributed by atoms with E-state index in [4.69, 9.17) is 0 Å². The molecule has 11 heteroatoms. The van der Waals surface area contributed by atoms with E-state index in [1.165, 1.54) is 17.0 Å². The number of phenols is 1. The standard InChI is InChI=1S/C18H21N5O4S2/c1-10-8-9-14(28-10)11(2)19-16-17(22-29(26,27)21-16)20-13-7-5-6-12(15(13)24)18(25)23(3)4/h5-9,11,24H,1-4H3,(H,19,21)(H,20,22)/t11-/m1/s1. The summed E-state index contributed by atoms with van der Waals surface area (Å²) in [5.74, 6) is -0.720. The minimum atomic E-state index is -3.95. The number of anilines is 1. The summed E-state index contributed by atoms with van der Waals surface area (Å²) in [6.45, 7) is 3.82. The van der Waals surface area contributed by atoms with Crippen LogP contribution in [0.5, 0.6) is 5.75 Å². The number of hydrogen-bond acceptors (Lipinski definition) is 7. The molecule has 29 heavy (non-hydrogen) atoms.